The van der Waals surface area contributed by atoms with E-state index in [0.29, 0.717) is 0 Å². The van der Waals surface area contributed by atoms with Crippen molar-refractivity contribution in [2.24, 2.45) is 0 Å². The van der Waals surface area contributed by atoms with Crippen LogP contribution in [0.5, 0.6) is 0 Å². The molecule has 0 unspecified atom stereocenters. The Hall–Kier alpha value is -2.65. The molecule has 0 radical (unpaired) electrons. The summed E-state index contributed by atoms with van der Waals surface area (Å²) >= 11 is 6.36. The number of carboxylic acid groups (broad SMARTS) is 2. The van der Waals surface area contributed by atoms with Crippen LogP contribution in [-0.4, -0.2) is 21.9 Å². The van der Waals surface area contributed by atoms with Crippen LogP contribution in [0.1, 0.15) is 20.7 Å². The third-order valence-corrected chi connectivity index (χ3v) is 5.56. The Bertz CT molecular complexity index is 1320. The molecule has 5 rings (SSSR count). The Morgan fingerprint density at radius 2 is 0.892 bits per heavy atom. The van der Waals surface area contributed by atoms with Crippen LogP contribution in [0, 0.1) is 31.1 Å². The summed E-state index contributed by atoms with van der Waals surface area (Å²) < 4.78 is 1.72. The van der Waals surface area contributed by atoms with Crippen LogP contribution in [0.3, 0.4) is 0 Å². The number of rotatable bonds is 2. The number of pyridine rings is 2. The zero-order valence-corrected chi connectivity index (χ0v) is 26.2. The number of hydrogen-bond donors (Lipinski definition) is 0. The summed E-state index contributed by atoms with van der Waals surface area (Å²) in [4.78, 5) is 29.1. The second kappa shape index (κ2) is 17.0. The van der Waals surface area contributed by atoms with E-state index in [1.165, 1.54) is 24.3 Å². The molecule has 2 aromatic heterocycles. The Balaban J connectivity index is 0.000000517. The van der Waals surface area contributed by atoms with Gasteiger partial charge in [-0.15, -0.1) is 0 Å². The molecule has 0 aliphatic rings. The molecule has 3 aromatic carbocycles. The third-order valence-electron chi connectivity index (χ3n) is 4.50. The number of carboxylic acids is 2. The minimum Gasteiger partial charge on any atom is -2.00 e. The Labute approximate surface area is 253 Å². The standard InChI is InChI=1S/C12H8N2.2C7H5BrO2.2O.U/c1-3-9-5-6-10-4-2-8-14-12(10)11(9)13-7-1;2*8-6-3-1-5(2-4-6)7(9)10;;;/h1-8H;2*1-4H,(H,9,10);;;/q;;;2*-2;/p-2. The maximum absolute atomic E-state index is 10.2. The molecule has 0 saturated heterocycles. The number of hydrogen-bond acceptors (Lipinski definition) is 6. The monoisotopic (exact) mass is 848 g/mol. The predicted molar refractivity (Wildman–Crippen MR) is 135 cm³/mol. The van der Waals surface area contributed by atoms with Crippen LogP contribution in [0.2, 0.25) is 0 Å². The molecule has 0 saturated carbocycles. The second-order valence-electron chi connectivity index (χ2n) is 6.80. The van der Waals surface area contributed by atoms with E-state index in [-0.39, 0.29) is 53.2 Å². The van der Waals surface area contributed by atoms with E-state index in [1.807, 2.05) is 12.1 Å². The molecule has 0 N–H and O–H groups in total. The van der Waals surface area contributed by atoms with E-state index in [1.54, 1.807) is 36.7 Å². The van der Waals surface area contributed by atoms with Gasteiger partial charge in [-0.3, -0.25) is 9.97 Å². The summed E-state index contributed by atoms with van der Waals surface area (Å²) in [5, 5.41) is 22.6. The molecule has 190 valence electrons. The first-order chi connectivity index (χ1) is 16.3. The molecular formula is C26H16Br2N2O6U-6. The van der Waals surface area contributed by atoms with E-state index < -0.39 is 11.9 Å². The van der Waals surface area contributed by atoms with E-state index >= 15 is 0 Å². The molecule has 8 nitrogen and oxygen atoms in total. The Kier molecular flexibility index (Phi) is 15.8. The molecule has 37 heavy (non-hydrogen) atoms. The first kappa shape index (κ1) is 34.4. The average Bonchev–Trinajstić information content (AvgIpc) is 2.85. The number of fused-ring (bicyclic) bond motifs is 3. The maximum Gasteiger partial charge on any atom is 0.0964 e. The van der Waals surface area contributed by atoms with Crippen LogP contribution in [-0.2, 0) is 11.0 Å². The number of aromatic carboxylic acids is 2. The Morgan fingerprint density at radius 1 is 0.568 bits per heavy atom. The van der Waals surface area contributed by atoms with Gasteiger partial charge in [0.15, 0.2) is 0 Å². The molecule has 0 spiro atoms. The van der Waals surface area contributed by atoms with Gasteiger partial charge in [-0.25, -0.2) is 0 Å². The van der Waals surface area contributed by atoms with Crippen molar-refractivity contribution >= 4 is 65.6 Å². The summed E-state index contributed by atoms with van der Waals surface area (Å²) in [7, 11) is 0. The topological polar surface area (TPSA) is 163 Å². The summed E-state index contributed by atoms with van der Waals surface area (Å²) in [5.74, 6) is -2.29. The molecule has 0 bridgehead atoms. The fraction of sp³-hybridized carbons (Fsp3) is 0. The van der Waals surface area contributed by atoms with Gasteiger partial charge in [-0.2, -0.15) is 0 Å². The number of carbonyl (C=O) groups excluding carboxylic acids is 2. The van der Waals surface area contributed by atoms with Crippen molar-refractivity contribution in [3.63, 3.8) is 0 Å². The first-order valence-corrected chi connectivity index (χ1v) is 11.5. The number of benzene rings is 3. The summed E-state index contributed by atoms with van der Waals surface area (Å²) in [6.07, 6.45) is 3.60. The fourth-order valence-corrected chi connectivity index (χ4v) is 3.38. The SMILES string of the molecule is O=C([O-])c1ccc(Br)cc1.O=C([O-])c1ccc(Br)cc1.[O-2].[O-2].[U].c1cnc2c(c1)ccc1cccnc12. The summed E-state index contributed by atoms with van der Waals surface area (Å²) in [6, 6.07) is 24.7. The van der Waals surface area contributed by atoms with Crippen LogP contribution in [0.15, 0.2) is 106 Å². The molecule has 0 aliphatic heterocycles. The van der Waals surface area contributed by atoms with Crippen LogP contribution in [0.25, 0.3) is 21.8 Å². The minimum absolute atomic E-state index is 0. The van der Waals surface area contributed by atoms with Gasteiger partial charge in [0.25, 0.3) is 0 Å². The van der Waals surface area contributed by atoms with Crippen LogP contribution in [0.4, 0.5) is 0 Å². The third kappa shape index (κ3) is 10.3. The number of aromatic nitrogens is 2. The van der Waals surface area contributed by atoms with Crippen molar-refractivity contribution < 1.29 is 61.9 Å². The van der Waals surface area contributed by atoms with Crippen LogP contribution >= 0.6 is 31.9 Å². The first-order valence-electron chi connectivity index (χ1n) is 9.87. The second-order valence-corrected chi connectivity index (χ2v) is 8.64. The maximum atomic E-state index is 10.2. The predicted octanol–water partition coefficient (Wildman–Crippen LogP) is 4.17. The van der Waals surface area contributed by atoms with Gasteiger partial charge in [-0.1, -0.05) is 80.4 Å². The van der Waals surface area contributed by atoms with Crippen molar-refractivity contribution in [3.8, 4) is 0 Å². The van der Waals surface area contributed by atoms with Gasteiger partial charge >= 0.3 is 0 Å². The van der Waals surface area contributed by atoms with Crippen molar-refractivity contribution in [2.75, 3.05) is 0 Å². The molecule has 5 aromatic rings. The van der Waals surface area contributed by atoms with Gasteiger partial charge in [-0.05, 0) is 47.5 Å². The summed E-state index contributed by atoms with van der Waals surface area (Å²) in [6.45, 7) is 0. The average molecular weight is 850 g/mol. The zero-order chi connectivity index (χ0) is 24.5. The van der Waals surface area contributed by atoms with Gasteiger partial charge in [0.05, 0.1) is 23.0 Å². The smallest absolute Gasteiger partial charge is 0.0964 e. The number of carbonyl (C=O) groups is 2. The van der Waals surface area contributed by atoms with Crippen molar-refractivity contribution in [3.05, 3.63) is 117 Å². The molecule has 11 heteroatoms. The largest absolute Gasteiger partial charge is 2.00 e. The van der Waals surface area contributed by atoms with Gasteiger partial charge in [0, 0.05) is 63.2 Å². The molecule has 0 aliphatic carbocycles. The normalized spacial score (nSPS) is 9.14. The molecular weight excluding hydrogens is 834 g/mol. The number of nitrogens with zero attached hydrogens (tertiary/aromatic N) is 2. The van der Waals surface area contributed by atoms with Gasteiger partial charge in [0.1, 0.15) is 0 Å². The van der Waals surface area contributed by atoms with Crippen molar-refractivity contribution in [1.29, 1.82) is 0 Å². The fourth-order valence-electron chi connectivity index (χ4n) is 2.85. The van der Waals surface area contributed by atoms with E-state index in [9.17, 15) is 19.8 Å². The zero-order valence-electron chi connectivity index (χ0n) is 18.8. The Morgan fingerprint density at radius 3 is 1.19 bits per heavy atom. The molecule has 0 amide bonds. The number of halogens is 2. The van der Waals surface area contributed by atoms with E-state index in [2.05, 4.69) is 66.1 Å². The van der Waals surface area contributed by atoms with E-state index in [0.717, 1.165) is 30.8 Å². The van der Waals surface area contributed by atoms with Crippen molar-refractivity contribution in [2.45, 2.75) is 0 Å². The summed E-state index contributed by atoms with van der Waals surface area (Å²) in [5.41, 5.74) is 2.35. The quantitative estimate of drug-likeness (QED) is 0.242. The van der Waals surface area contributed by atoms with Crippen LogP contribution < -0.4 is 10.2 Å². The molecule has 2 heterocycles. The molecule has 0 atom stereocenters. The van der Waals surface area contributed by atoms with Gasteiger partial charge < -0.3 is 30.8 Å². The minimum atomic E-state index is -1.15. The molecule has 0 fully saturated rings. The van der Waals surface area contributed by atoms with E-state index in [4.69, 9.17) is 0 Å². The van der Waals surface area contributed by atoms with Crippen molar-refractivity contribution in [1.82, 2.24) is 9.97 Å². The van der Waals surface area contributed by atoms with Gasteiger partial charge in [0.2, 0.25) is 0 Å².